The maximum absolute atomic E-state index is 9.91. The highest BCUT2D eigenvalue weighted by molar-refractivity contribution is 5.36. The molecule has 0 aromatic carbocycles. The van der Waals surface area contributed by atoms with E-state index < -0.39 is 0 Å². The van der Waals surface area contributed by atoms with Crippen LogP contribution >= 0.6 is 0 Å². The average Bonchev–Trinajstić information content (AvgIpc) is 2.63. The molecule has 1 aliphatic rings. The zero-order valence-electron chi connectivity index (χ0n) is 9.35. The molecule has 0 spiro atoms. The fourth-order valence-electron chi connectivity index (χ4n) is 1.43. The van der Waals surface area contributed by atoms with Gasteiger partial charge in [0.15, 0.2) is 6.29 Å². The van der Waals surface area contributed by atoms with Gasteiger partial charge in [-0.1, -0.05) is 0 Å². The van der Waals surface area contributed by atoms with E-state index >= 15 is 0 Å². The van der Waals surface area contributed by atoms with Crippen molar-refractivity contribution in [2.75, 3.05) is 33.9 Å². The second-order valence-electron chi connectivity index (χ2n) is 3.87. The highest BCUT2D eigenvalue weighted by atomic mass is 16.7. The number of hydrogen-bond donors (Lipinski definition) is 0. The topological polar surface area (TPSA) is 48.0 Å². The van der Waals surface area contributed by atoms with Crippen molar-refractivity contribution in [3.05, 3.63) is 0 Å². The third-order valence-electron chi connectivity index (χ3n) is 2.25. The number of rotatable bonds is 7. The van der Waals surface area contributed by atoms with Crippen molar-refractivity contribution in [1.82, 2.24) is 4.90 Å². The standard InChI is InChI=1S/C10H19NO4/c1-11(2)5-3-9-7-14-10(15-9)4-6-13-8-12/h8-10H,3-7H2,1-2H3. The Kier molecular flexibility index (Phi) is 5.60. The van der Waals surface area contributed by atoms with Crippen molar-refractivity contribution < 1.29 is 19.0 Å². The van der Waals surface area contributed by atoms with E-state index in [0.717, 1.165) is 13.0 Å². The Bertz CT molecular complexity index is 186. The van der Waals surface area contributed by atoms with Crippen LogP contribution in [0.25, 0.3) is 0 Å². The zero-order valence-corrected chi connectivity index (χ0v) is 9.35. The lowest BCUT2D eigenvalue weighted by atomic mass is 10.2. The molecule has 88 valence electrons. The molecule has 1 fully saturated rings. The largest absolute Gasteiger partial charge is 0.468 e. The third kappa shape index (κ3) is 5.11. The smallest absolute Gasteiger partial charge is 0.293 e. The predicted molar refractivity (Wildman–Crippen MR) is 54.4 cm³/mol. The lowest BCUT2D eigenvalue weighted by Crippen LogP contribution is -2.21. The average molecular weight is 217 g/mol. The molecular weight excluding hydrogens is 198 g/mol. The van der Waals surface area contributed by atoms with E-state index in [9.17, 15) is 4.79 Å². The van der Waals surface area contributed by atoms with Gasteiger partial charge in [0.1, 0.15) is 0 Å². The Morgan fingerprint density at radius 2 is 2.27 bits per heavy atom. The second kappa shape index (κ2) is 6.76. The molecule has 0 radical (unpaired) electrons. The lowest BCUT2D eigenvalue weighted by Gasteiger charge is -2.13. The van der Waals surface area contributed by atoms with E-state index in [-0.39, 0.29) is 12.4 Å². The van der Waals surface area contributed by atoms with Gasteiger partial charge in [-0.25, -0.2) is 0 Å². The van der Waals surface area contributed by atoms with Gasteiger partial charge in [0, 0.05) is 13.0 Å². The van der Waals surface area contributed by atoms with Crippen LogP contribution in [-0.4, -0.2) is 57.6 Å². The minimum atomic E-state index is -0.211. The molecule has 0 N–H and O–H groups in total. The maximum atomic E-state index is 9.91. The minimum Gasteiger partial charge on any atom is -0.468 e. The van der Waals surface area contributed by atoms with Crippen LogP contribution in [-0.2, 0) is 19.0 Å². The SMILES string of the molecule is CN(C)CCC1COC(CCOC=O)O1. The number of ether oxygens (including phenoxy) is 3. The van der Waals surface area contributed by atoms with Crippen LogP contribution in [0.1, 0.15) is 12.8 Å². The first-order valence-electron chi connectivity index (χ1n) is 5.19. The fourth-order valence-corrected chi connectivity index (χ4v) is 1.43. The molecule has 5 heteroatoms. The summed E-state index contributed by atoms with van der Waals surface area (Å²) in [6.07, 6.45) is 1.54. The van der Waals surface area contributed by atoms with Crippen molar-refractivity contribution in [2.24, 2.45) is 0 Å². The molecule has 1 heterocycles. The molecule has 5 nitrogen and oxygen atoms in total. The first-order valence-corrected chi connectivity index (χ1v) is 5.19. The molecular formula is C10H19NO4. The van der Waals surface area contributed by atoms with Crippen LogP contribution in [0.2, 0.25) is 0 Å². The molecule has 2 atom stereocenters. The van der Waals surface area contributed by atoms with Gasteiger partial charge in [-0.3, -0.25) is 4.79 Å². The normalized spacial score (nSPS) is 25.8. The van der Waals surface area contributed by atoms with E-state index in [1.54, 1.807) is 0 Å². The number of nitrogens with zero attached hydrogens (tertiary/aromatic N) is 1. The molecule has 2 unspecified atom stereocenters. The lowest BCUT2D eigenvalue weighted by molar-refractivity contribution is -0.131. The summed E-state index contributed by atoms with van der Waals surface area (Å²) in [6, 6.07) is 0. The monoisotopic (exact) mass is 217 g/mol. The molecule has 0 aromatic rings. The Labute approximate surface area is 90.3 Å². The first-order chi connectivity index (χ1) is 7.22. The fraction of sp³-hybridized carbons (Fsp3) is 0.900. The van der Waals surface area contributed by atoms with Gasteiger partial charge < -0.3 is 19.1 Å². The van der Waals surface area contributed by atoms with Crippen LogP contribution < -0.4 is 0 Å². The molecule has 0 bridgehead atoms. The van der Waals surface area contributed by atoms with E-state index in [0.29, 0.717) is 26.1 Å². The Balaban J connectivity index is 2.07. The molecule has 0 aromatic heterocycles. The summed E-state index contributed by atoms with van der Waals surface area (Å²) in [6.45, 7) is 2.43. The van der Waals surface area contributed by atoms with Gasteiger partial charge in [-0.2, -0.15) is 0 Å². The van der Waals surface area contributed by atoms with Crippen molar-refractivity contribution in [1.29, 1.82) is 0 Å². The summed E-state index contributed by atoms with van der Waals surface area (Å²) in [5.41, 5.74) is 0. The van der Waals surface area contributed by atoms with Crippen LogP contribution in [0.4, 0.5) is 0 Å². The van der Waals surface area contributed by atoms with Crippen molar-refractivity contribution >= 4 is 6.47 Å². The molecule has 1 saturated heterocycles. The summed E-state index contributed by atoms with van der Waals surface area (Å²) >= 11 is 0. The Morgan fingerprint density at radius 3 is 2.93 bits per heavy atom. The number of hydrogen-bond acceptors (Lipinski definition) is 5. The van der Waals surface area contributed by atoms with E-state index in [4.69, 9.17) is 9.47 Å². The highest BCUT2D eigenvalue weighted by Gasteiger charge is 2.25. The molecule has 0 amide bonds. The third-order valence-corrected chi connectivity index (χ3v) is 2.25. The van der Waals surface area contributed by atoms with Crippen LogP contribution in [0.5, 0.6) is 0 Å². The Hall–Kier alpha value is -0.650. The Morgan fingerprint density at radius 1 is 1.47 bits per heavy atom. The number of carbonyl (C=O) groups is 1. The van der Waals surface area contributed by atoms with Gasteiger partial charge >= 0.3 is 0 Å². The quantitative estimate of drug-likeness (QED) is 0.451. The van der Waals surface area contributed by atoms with Gasteiger partial charge in [0.2, 0.25) is 0 Å². The van der Waals surface area contributed by atoms with Crippen molar-refractivity contribution in [3.63, 3.8) is 0 Å². The summed E-state index contributed by atoms with van der Waals surface area (Å²) in [4.78, 5) is 12.0. The molecule has 0 saturated carbocycles. The van der Waals surface area contributed by atoms with Gasteiger partial charge in [-0.15, -0.1) is 0 Å². The van der Waals surface area contributed by atoms with E-state index in [1.807, 2.05) is 14.1 Å². The van der Waals surface area contributed by atoms with Gasteiger partial charge in [-0.05, 0) is 20.5 Å². The summed E-state index contributed by atoms with van der Waals surface area (Å²) in [5, 5.41) is 0. The van der Waals surface area contributed by atoms with E-state index in [1.165, 1.54) is 0 Å². The van der Waals surface area contributed by atoms with Crippen molar-refractivity contribution in [3.8, 4) is 0 Å². The van der Waals surface area contributed by atoms with Crippen LogP contribution in [0.15, 0.2) is 0 Å². The molecule has 1 aliphatic heterocycles. The highest BCUT2D eigenvalue weighted by Crippen LogP contribution is 2.16. The minimum absolute atomic E-state index is 0.175. The summed E-state index contributed by atoms with van der Waals surface area (Å²) in [5.74, 6) is 0. The summed E-state index contributed by atoms with van der Waals surface area (Å²) in [7, 11) is 4.07. The van der Waals surface area contributed by atoms with Crippen molar-refractivity contribution in [2.45, 2.75) is 25.2 Å². The second-order valence-corrected chi connectivity index (χ2v) is 3.87. The van der Waals surface area contributed by atoms with E-state index in [2.05, 4.69) is 9.64 Å². The zero-order chi connectivity index (χ0) is 11.1. The van der Waals surface area contributed by atoms with Gasteiger partial charge in [0.05, 0.1) is 19.3 Å². The molecule has 0 aliphatic carbocycles. The molecule has 15 heavy (non-hydrogen) atoms. The molecule has 1 rings (SSSR count). The number of carbonyl (C=O) groups excluding carboxylic acids is 1. The van der Waals surface area contributed by atoms with Crippen LogP contribution in [0, 0.1) is 0 Å². The maximum Gasteiger partial charge on any atom is 0.293 e. The van der Waals surface area contributed by atoms with Gasteiger partial charge in [0.25, 0.3) is 6.47 Å². The van der Waals surface area contributed by atoms with Crippen LogP contribution in [0.3, 0.4) is 0 Å². The predicted octanol–water partition coefficient (Wildman–Crippen LogP) is 0.243. The first kappa shape index (κ1) is 12.4. The summed E-state index contributed by atoms with van der Waals surface area (Å²) < 4.78 is 15.6.